The zero-order valence-electron chi connectivity index (χ0n) is 11.3. The molecule has 2 heterocycles. The third-order valence-corrected chi connectivity index (χ3v) is 3.48. The molecule has 0 atom stereocenters. The van der Waals surface area contributed by atoms with Gasteiger partial charge >= 0.3 is 0 Å². The first-order valence-electron chi connectivity index (χ1n) is 6.38. The van der Waals surface area contributed by atoms with Crippen LogP contribution in [0.3, 0.4) is 0 Å². The van der Waals surface area contributed by atoms with Gasteiger partial charge in [-0.15, -0.1) is 0 Å². The number of amides is 1. The minimum absolute atomic E-state index is 0.0847. The summed E-state index contributed by atoms with van der Waals surface area (Å²) in [5.74, 6) is -0.216. The monoisotopic (exact) mass is 265 g/mol. The summed E-state index contributed by atoms with van der Waals surface area (Å²) in [5, 5.41) is 20.3. The van der Waals surface area contributed by atoms with Crippen molar-refractivity contribution in [3.8, 4) is 0 Å². The third-order valence-electron chi connectivity index (χ3n) is 3.48. The molecule has 1 saturated heterocycles. The van der Waals surface area contributed by atoms with Crippen LogP contribution in [0.2, 0.25) is 0 Å². The number of aliphatic hydroxyl groups is 1. The highest BCUT2D eigenvalue weighted by atomic mass is 16.5. The fraction of sp³-hybridized carbons (Fsp3) is 0.615. The molecule has 2 rings (SSSR count). The Bertz CT molecular complexity index is 470. The number of ether oxygens (including phenoxy) is 1. The van der Waals surface area contributed by atoms with E-state index >= 15 is 0 Å². The zero-order valence-corrected chi connectivity index (χ0v) is 11.3. The van der Waals surface area contributed by atoms with Crippen molar-refractivity contribution in [1.82, 2.24) is 15.5 Å². The normalized spacial score (nSPS) is 18.1. The summed E-state index contributed by atoms with van der Waals surface area (Å²) < 4.78 is 5.27. The van der Waals surface area contributed by atoms with Gasteiger partial charge in [0.05, 0.1) is 29.1 Å². The van der Waals surface area contributed by atoms with Gasteiger partial charge in [-0.3, -0.25) is 4.79 Å². The molecule has 1 fully saturated rings. The number of aliphatic hydroxyl groups excluding tert-OH is 1. The zero-order chi connectivity index (χ0) is 13.9. The predicted molar refractivity (Wildman–Crippen MR) is 68.8 cm³/mol. The van der Waals surface area contributed by atoms with Crippen LogP contribution in [-0.2, 0) is 4.74 Å². The van der Waals surface area contributed by atoms with Crippen LogP contribution >= 0.6 is 0 Å². The van der Waals surface area contributed by atoms with Gasteiger partial charge in [-0.2, -0.15) is 10.2 Å². The van der Waals surface area contributed by atoms with Crippen LogP contribution < -0.4 is 5.32 Å². The molecule has 0 radical (unpaired) electrons. The van der Waals surface area contributed by atoms with Crippen LogP contribution in [0, 0.1) is 13.8 Å². The van der Waals surface area contributed by atoms with E-state index in [1.54, 1.807) is 19.9 Å². The van der Waals surface area contributed by atoms with E-state index in [0.29, 0.717) is 43.0 Å². The third kappa shape index (κ3) is 3.08. The second-order valence-corrected chi connectivity index (χ2v) is 4.99. The summed E-state index contributed by atoms with van der Waals surface area (Å²) in [6.07, 6.45) is 1.23. The molecule has 1 aromatic rings. The maximum Gasteiger partial charge on any atom is 0.253 e. The molecule has 0 spiro atoms. The molecule has 2 N–H and O–H groups in total. The molecule has 0 saturated carbocycles. The first-order valence-corrected chi connectivity index (χ1v) is 6.38. The van der Waals surface area contributed by atoms with Gasteiger partial charge < -0.3 is 15.2 Å². The van der Waals surface area contributed by atoms with E-state index in [9.17, 15) is 9.90 Å². The van der Waals surface area contributed by atoms with Gasteiger partial charge in [0, 0.05) is 13.2 Å². The number of carbonyl (C=O) groups excluding carboxylic acids is 1. The van der Waals surface area contributed by atoms with Crippen LogP contribution in [0.15, 0.2) is 6.07 Å². The lowest BCUT2D eigenvalue weighted by Gasteiger charge is -2.36. The molecule has 0 bridgehead atoms. The highest BCUT2D eigenvalue weighted by Crippen LogP contribution is 2.21. The Hall–Kier alpha value is -1.53. The lowest BCUT2D eigenvalue weighted by atomic mass is 9.90. The summed E-state index contributed by atoms with van der Waals surface area (Å²) in [7, 11) is 0. The van der Waals surface area contributed by atoms with Gasteiger partial charge in [-0.05, 0) is 32.8 Å². The van der Waals surface area contributed by atoms with Crippen molar-refractivity contribution in [3.05, 3.63) is 23.0 Å². The van der Waals surface area contributed by atoms with E-state index < -0.39 is 5.54 Å². The summed E-state index contributed by atoms with van der Waals surface area (Å²) in [4.78, 5) is 12.3. The number of nitrogens with zero attached hydrogens (tertiary/aromatic N) is 2. The van der Waals surface area contributed by atoms with E-state index in [-0.39, 0.29) is 12.5 Å². The van der Waals surface area contributed by atoms with E-state index in [4.69, 9.17) is 4.74 Å². The Morgan fingerprint density at radius 1 is 1.42 bits per heavy atom. The van der Waals surface area contributed by atoms with E-state index in [2.05, 4.69) is 15.5 Å². The standard InChI is InChI=1S/C13H19N3O3/c1-9-7-11(10(2)16-15-9)12(18)14-13(8-17)3-5-19-6-4-13/h7,17H,3-6,8H2,1-2H3,(H,14,18). The average Bonchev–Trinajstić information content (AvgIpc) is 2.42. The Kier molecular flexibility index (Phi) is 4.11. The van der Waals surface area contributed by atoms with Crippen molar-refractivity contribution in [2.75, 3.05) is 19.8 Å². The van der Waals surface area contributed by atoms with Crippen LogP contribution in [0.4, 0.5) is 0 Å². The Morgan fingerprint density at radius 2 is 2.11 bits per heavy atom. The molecular weight excluding hydrogens is 246 g/mol. The van der Waals surface area contributed by atoms with Crippen LogP contribution in [0.5, 0.6) is 0 Å². The summed E-state index contributed by atoms with van der Waals surface area (Å²) in [5.41, 5.74) is 1.20. The number of nitrogens with one attached hydrogen (secondary N) is 1. The minimum Gasteiger partial charge on any atom is -0.394 e. The predicted octanol–water partition coefficient (Wildman–Crippen LogP) is 0.365. The molecular formula is C13H19N3O3. The molecule has 0 aromatic carbocycles. The lowest BCUT2D eigenvalue weighted by Crippen LogP contribution is -2.54. The molecule has 19 heavy (non-hydrogen) atoms. The van der Waals surface area contributed by atoms with Gasteiger partial charge in [-0.1, -0.05) is 0 Å². The fourth-order valence-corrected chi connectivity index (χ4v) is 2.17. The Morgan fingerprint density at radius 3 is 2.74 bits per heavy atom. The van der Waals surface area contributed by atoms with Crippen molar-refractivity contribution >= 4 is 5.91 Å². The lowest BCUT2D eigenvalue weighted by molar-refractivity contribution is 0.0125. The largest absolute Gasteiger partial charge is 0.394 e. The number of aromatic nitrogens is 2. The average molecular weight is 265 g/mol. The number of aryl methyl sites for hydroxylation is 2. The van der Waals surface area contributed by atoms with Gasteiger partial charge in [-0.25, -0.2) is 0 Å². The maximum absolute atomic E-state index is 12.3. The number of hydrogen-bond acceptors (Lipinski definition) is 5. The van der Waals surface area contributed by atoms with Crippen LogP contribution in [0.25, 0.3) is 0 Å². The molecule has 6 heteroatoms. The number of rotatable bonds is 3. The quantitative estimate of drug-likeness (QED) is 0.824. The van der Waals surface area contributed by atoms with Crippen molar-refractivity contribution < 1.29 is 14.6 Å². The fourth-order valence-electron chi connectivity index (χ4n) is 2.17. The second kappa shape index (κ2) is 5.63. The van der Waals surface area contributed by atoms with Crippen molar-refractivity contribution in [3.63, 3.8) is 0 Å². The second-order valence-electron chi connectivity index (χ2n) is 4.99. The maximum atomic E-state index is 12.3. The summed E-state index contributed by atoms with van der Waals surface area (Å²) in [6.45, 7) is 4.55. The van der Waals surface area contributed by atoms with Crippen molar-refractivity contribution in [2.45, 2.75) is 32.2 Å². The summed E-state index contributed by atoms with van der Waals surface area (Å²) >= 11 is 0. The number of carbonyl (C=O) groups is 1. The highest BCUT2D eigenvalue weighted by molar-refractivity contribution is 5.95. The summed E-state index contributed by atoms with van der Waals surface area (Å²) in [6, 6.07) is 1.71. The van der Waals surface area contributed by atoms with Crippen LogP contribution in [0.1, 0.15) is 34.6 Å². The first kappa shape index (κ1) is 13.9. The first-order chi connectivity index (χ1) is 9.06. The molecule has 104 valence electrons. The SMILES string of the molecule is Cc1cc(C(=O)NC2(CO)CCOCC2)c(C)nn1. The minimum atomic E-state index is -0.584. The molecule has 1 aliphatic rings. The molecule has 0 unspecified atom stereocenters. The smallest absolute Gasteiger partial charge is 0.253 e. The topological polar surface area (TPSA) is 84.3 Å². The molecule has 1 aromatic heterocycles. The molecule has 6 nitrogen and oxygen atoms in total. The van der Waals surface area contributed by atoms with Gasteiger partial charge in [0.1, 0.15) is 0 Å². The van der Waals surface area contributed by atoms with Crippen LogP contribution in [-0.4, -0.2) is 46.6 Å². The van der Waals surface area contributed by atoms with Crippen molar-refractivity contribution in [1.29, 1.82) is 0 Å². The van der Waals surface area contributed by atoms with E-state index in [1.807, 2.05) is 0 Å². The van der Waals surface area contributed by atoms with E-state index in [1.165, 1.54) is 0 Å². The van der Waals surface area contributed by atoms with Gasteiger partial charge in [0.2, 0.25) is 0 Å². The Balaban J connectivity index is 2.17. The molecule has 1 aliphatic heterocycles. The van der Waals surface area contributed by atoms with Crippen molar-refractivity contribution in [2.24, 2.45) is 0 Å². The molecule has 1 amide bonds. The van der Waals surface area contributed by atoms with Gasteiger partial charge in [0.25, 0.3) is 5.91 Å². The highest BCUT2D eigenvalue weighted by Gasteiger charge is 2.34. The van der Waals surface area contributed by atoms with E-state index in [0.717, 1.165) is 0 Å². The molecule has 0 aliphatic carbocycles. The van der Waals surface area contributed by atoms with Gasteiger partial charge in [0.15, 0.2) is 0 Å². The Labute approximate surface area is 112 Å². The number of hydrogen-bond donors (Lipinski definition) is 2.